The number of carbonyl (C=O) groups excluding carboxylic acids is 1. The zero-order valence-electron chi connectivity index (χ0n) is 13.1. The van der Waals surface area contributed by atoms with E-state index in [0.717, 1.165) is 44.2 Å². The van der Waals surface area contributed by atoms with Gasteiger partial charge in [0.25, 0.3) is 0 Å². The summed E-state index contributed by atoms with van der Waals surface area (Å²) in [5, 5.41) is 12.2. The lowest BCUT2D eigenvalue weighted by Crippen LogP contribution is -2.36. The number of ketones is 1. The molecule has 1 aliphatic carbocycles. The summed E-state index contributed by atoms with van der Waals surface area (Å²) >= 11 is 0. The van der Waals surface area contributed by atoms with E-state index in [2.05, 4.69) is 0 Å². The van der Waals surface area contributed by atoms with Gasteiger partial charge in [0.1, 0.15) is 17.3 Å². The number of carbonyl (C=O) groups is 1. The number of benzene rings is 1. The average Bonchev–Trinajstić information content (AvgIpc) is 2.55. The van der Waals surface area contributed by atoms with E-state index in [-0.39, 0.29) is 22.7 Å². The van der Waals surface area contributed by atoms with Crippen LogP contribution in [0, 0.1) is 16.8 Å². The summed E-state index contributed by atoms with van der Waals surface area (Å²) in [4.78, 5) is 12.6. The number of nitrogen functional groups attached to an aromatic ring is 1. The fourth-order valence-electron chi connectivity index (χ4n) is 3.36. The fourth-order valence-corrected chi connectivity index (χ4v) is 3.36. The lowest BCUT2D eigenvalue weighted by molar-refractivity contribution is -0.615. The summed E-state index contributed by atoms with van der Waals surface area (Å²) in [7, 11) is 0. The van der Waals surface area contributed by atoms with Crippen LogP contribution in [0.1, 0.15) is 59.6 Å². The first kappa shape index (κ1) is 16.4. The van der Waals surface area contributed by atoms with E-state index in [0.29, 0.717) is 16.5 Å². The molecule has 24 heavy (non-hydrogen) atoms. The minimum atomic E-state index is -0.947. The van der Waals surface area contributed by atoms with Gasteiger partial charge in [0.05, 0.1) is 11.1 Å². The highest BCUT2D eigenvalue weighted by Gasteiger charge is 2.29. The normalized spacial score (nSPS) is 15.4. The van der Waals surface area contributed by atoms with Crippen LogP contribution in [-0.4, -0.2) is 5.78 Å². The summed E-state index contributed by atoms with van der Waals surface area (Å²) in [6.07, 6.45) is 6.05. The number of nitrogens with zero attached hydrogens (tertiary/aromatic N) is 1. The number of nitrogens with two attached hydrogens (primary N) is 1. The van der Waals surface area contributed by atoms with Crippen LogP contribution in [0.25, 0.3) is 0 Å². The highest BCUT2D eigenvalue weighted by atomic mass is 19.1. The smallest absolute Gasteiger partial charge is 0.219 e. The standard InChI is InChI=1S/C18H18F2N2O2/c19-12-6-7-13(15(20)10-12)18(23)14-8-9-22(24)17(16(14)21)11-4-2-1-3-5-11/h6-11H,1-5,21H2. The van der Waals surface area contributed by atoms with Gasteiger partial charge in [0.15, 0.2) is 12.0 Å². The summed E-state index contributed by atoms with van der Waals surface area (Å²) in [6, 6.07) is 4.05. The molecule has 126 valence electrons. The number of hydrogen-bond acceptors (Lipinski definition) is 3. The predicted octanol–water partition coefficient (Wildman–Crippen LogP) is 3.46. The molecule has 1 aliphatic rings. The topological polar surface area (TPSA) is 70.0 Å². The van der Waals surface area contributed by atoms with Crippen LogP contribution in [0.5, 0.6) is 0 Å². The Kier molecular flexibility index (Phi) is 4.46. The van der Waals surface area contributed by atoms with Crippen molar-refractivity contribution in [1.29, 1.82) is 0 Å². The second kappa shape index (κ2) is 6.55. The molecule has 0 spiro atoms. The lowest BCUT2D eigenvalue weighted by atomic mass is 9.85. The molecule has 4 nitrogen and oxygen atoms in total. The Morgan fingerprint density at radius 3 is 2.50 bits per heavy atom. The first-order valence-corrected chi connectivity index (χ1v) is 8.00. The van der Waals surface area contributed by atoms with E-state index in [9.17, 15) is 18.8 Å². The molecule has 6 heteroatoms. The Balaban J connectivity index is 2.03. The van der Waals surface area contributed by atoms with E-state index >= 15 is 0 Å². The van der Waals surface area contributed by atoms with Crippen molar-refractivity contribution in [2.45, 2.75) is 38.0 Å². The number of halogens is 2. The maximum absolute atomic E-state index is 13.9. The molecule has 2 N–H and O–H groups in total. The first-order chi connectivity index (χ1) is 11.5. The lowest BCUT2D eigenvalue weighted by Gasteiger charge is -2.22. The van der Waals surface area contributed by atoms with Gasteiger partial charge in [-0.05, 0) is 25.0 Å². The van der Waals surface area contributed by atoms with Gasteiger partial charge in [-0.15, -0.1) is 0 Å². The van der Waals surface area contributed by atoms with Crippen LogP contribution in [0.3, 0.4) is 0 Å². The molecule has 1 fully saturated rings. The molecule has 1 saturated carbocycles. The highest BCUT2D eigenvalue weighted by Crippen LogP contribution is 2.35. The van der Waals surface area contributed by atoms with Gasteiger partial charge in [-0.1, -0.05) is 19.3 Å². The van der Waals surface area contributed by atoms with Gasteiger partial charge >= 0.3 is 0 Å². The first-order valence-electron chi connectivity index (χ1n) is 8.00. The average molecular weight is 332 g/mol. The summed E-state index contributed by atoms with van der Waals surface area (Å²) < 4.78 is 27.6. The third-order valence-corrected chi connectivity index (χ3v) is 4.59. The molecule has 0 amide bonds. The van der Waals surface area contributed by atoms with Gasteiger partial charge in [-0.25, -0.2) is 8.78 Å². The number of anilines is 1. The molecule has 0 bridgehead atoms. The Morgan fingerprint density at radius 1 is 1.12 bits per heavy atom. The maximum atomic E-state index is 13.9. The highest BCUT2D eigenvalue weighted by molar-refractivity contribution is 6.12. The molecule has 0 atom stereocenters. The second-order valence-corrected chi connectivity index (χ2v) is 6.14. The van der Waals surface area contributed by atoms with Gasteiger partial charge in [0.2, 0.25) is 5.69 Å². The van der Waals surface area contributed by atoms with Crippen molar-refractivity contribution in [3.8, 4) is 0 Å². The molecular weight excluding hydrogens is 314 g/mol. The number of pyridine rings is 1. The van der Waals surface area contributed by atoms with E-state index in [1.54, 1.807) is 0 Å². The second-order valence-electron chi connectivity index (χ2n) is 6.14. The van der Waals surface area contributed by atoms with Crippen molar-refractivity contribution in [1.82, 2.24) is 0 Å². The number of hydrogen-bond donors (Lipinski definition) is 1. The van der Waals surface area contributed by atoms with Crippen molar-refractivity contribution in [3.05, 3.63) is 64.1 Å². The Morgan fingerprint density at radius 2 is 1.83 bits per heavy atom. The van der Waals surface area contributed by atoms with Crippen LogP contribution in [-0.2, 0) is 0 Å². The van der Waals surface area contributed by atoms with Gasteiger partial charge in [-0.3, -0.25) is 4.79 Å². The van der Waals surface area contributed by atoms with Crippen molar-refractivity contribution in [3.63, 3.8) is 0 Å². The SMILES string of the molecule is Nc1c(C(=O)c2ccc(F)cc2F)cc[n+]([O-])c1C1CCCCC1. The zero-order chi connectivity index (χ0) is 17.3. The number of rotatable bonds is 3. The Bertz CT molecular complexity index is 787. The summed E-state index contributed by atoms with van der Waals surface area (Å²) in [6.45, 7) is 0. The third-order valence-electron chi connectivity index (χ3n) is 4.59. The van der Waals surface area contributed by atoms with Gasteiger partial charge in [0, 0.05) is 18.1 Å². The van der Waals surface area contributed by atoms with Crippen molar-refractivity contribution < 1.29 is 18.3 Å². The van der Waals surface area contributed by atoms with E-state index in [1.165, 1.54) is 12.3 Å². The van der Waals surface area contributed by atoms with Crippen LogP contribution in [0.2, 0.25) is 0 Å². The molecule has 1 heterocycles. The number of aromatic nitrogens is 1. The monoisotopic (exact) mass is 332 g/mol. The Hall–Kier alpha value is -2.50. The minimum absolute atomic E-state index is 0.00191. The Labute approximate surface area is 138 Å². The van der Waals surface area contributed by atoms with E-state index in [4.69, 9.17) is 5.73 Å². The minimum Gasteiger partial charge on any atom is -0.618 e. The molecule has 2 aromatic rings. The fraction of sp³-hybridized carbons (Fsp3) is 0.333. The van der Waals surface area contributed by atoms with Gasteiger partial charge < -0.3 is 10.9 Å². The molecule has 0 radical (unpaired) electrons. The van der Waals surface area contributed by atoms with Crippen LogP contribution >= 0.6 is 0 Å². The molecule has 1 aromatic carbocycles. The van der Waals surface area contributed by atoms with E-state index < -0.39 is 17.4 Å². The molecule has 3 rings (SSSR count). The zero-order valence-corrected chi connectivity index (χ0v) is 13.1. The summed E-state index contributed by atoms with van der Waals surface area (Å²) in [5.41, 5.74) is 6.38. The van der Waals surface area contributed by atoms with Crippen LogP contribution in [0.15, 0.2) is 30.5 Å². The molecule has 0 unspecified atom stereocenters. The van der Waals surface area contributed by atoms with Gasteiger partial charge in [-0.2, -0.15) is 4.73 Å². The molecule has 0 aliphatic heterocycles. The quantitative estimate of drug-likeness (QED) is 0.531. The molecule has 0 saturated heterocycles. The van der Waals surface area contributed by atoms with E-state index in [1.807, 2.05) is 0 Å². The van der Waals surface area contributed by atoms with Crippen LogP contribution < -0.4 is 10.5 Å². The summed E-state index contributed by atoms with van der Waals surface area (Å²) in [5.74, 6) is -2.35. The van der Waals surface area contributed by atoms with Crippen molar-refractivity contribution in [2.24, 2.45) is 0 Å². The largest absolute Gasteiger partial charge is 0.618 e. The molecule has 1 aromatic heterocycles. The predicted molar refractivity (Wildman–Crippen MR) is 85.4 cm³/mol. The van der Waals surface area contributed by atoms with Crippen molar-refractivity contribution >= 4 is 11.5 Å². The maximum Gasteiger partial charge on any atom is 0.219 e. The molecular formula is C18H18F2N2O2. The van der Waals surface area contributed by atoms with Crippen molar-refractivity contribution in [2.75, 3.05) is 5.73 Å². The third kappa shape index (κ3) is 2.96. The van der Waals surface area contributed by atoms with Crippen LogP contribution in [0.4, 0.5) is 14.5 Å².